The van der Waals surface area contributed by atoms with E-state index in [0.717, 1.165) is 48.3 Å². The zero-order chi connectivity index (χ0) is 23.7. The number of benzene rings is 2. The Morgan fingerprint density at radius 1 is 0.912 bits per heavy atom. The average molecular weight is 467 g/mol. The highest BCUT2D eigenvalue weighted by Gasteiger charge is 2.28. The van der Waals surface area contributed by atoms with Gasteiger partial charge < -0.3 is 14.5 Å². The number of halogens is 3. The van der Waals surface area contributed by atoms with Gasteiger partial charge in [0.1, 0.15) is 11.4 Å². The smallest absolute Gasteiger partial charge is 0.422 e. The van der Waals surface area contributed by atoms with Crippen molar-refractivity contribution >= 4 is 16.7 Å². The van der Waals surface area contributed by atoms with Gasteiger partial charge in [-0.05, 0) is 55.1 Å². The van der Waals surface area contributed by atoms with Gasteiger partial charge in [-0.15, -0.1) is 0 Å². The molecule has 4 aromatic rings. The van der Waals surface area contributed by atoms with Crippen LogP contribution in [0.4, 0.5) is 18.9 Å². The Kier molecular flexibility index (Phi) is 5.87. The first-order valence-corrected chi connectivity index (χ1v) is 11.0. The second kappa shape index (κ2) is 8.98. The third kappa shape index (κ3) is 4.84. The predicted octanol–water partition coefficient (Wildman–Crippen LogP) is 4.98. The molecule has 1 N–H and O–H groups in total. The van der Waals surface area contributed by atoms with Crippen molar-refractivity contribution in [3.8, 4) is 28.1 Å². The number of aromatic nitrogens is 3. The van der Waals surface area contributed by atoms with Gasteiger partial charge in [0.25, 0.3) is 0 Å². The molecular weight excluding hydrogens is 443 g/mol. The van der Waals surface area contributed by atoms with Crippen LogP contribution in [-0.2, 0) is 0 Å². The Hall–Kier alpha value is -3.59. The van der Waals surface area contributed by atoms with E-state index in [1.165, 1.54) is 17.8 Å². The number of fused-ring (bicyclic) bond motifs is 1. The summed E-state index contributed by atoms with van der Waals surface area (Å²) in [5, 5.41) is 8.14. The zero-order valence-corrected chi connectivity index (χ0v) is 18.6. The van der Waals surface area contributed by atoms with E-state index in [-0.39, 0.29) is 5.75 Å². The third-order valence-corrected chi connectivity index (χ3v) is 6.02. The van der Waals surface area contributed by atoms with Gasteiger partial charge in [0.05, 0.1) is 0 Å². The fourth-order valence-corrected chi connectivity index (χ4v) is 4.08. The Bertz CT molecular complexity index is 1260. The van der Waals surface area contributed by atoms with Crippen LogP contribution in [0.25, 0.3) is 33.4 Å². The molecule has 2 aromatic carbocycles. The lowest BCUT2D eigenvalue weighted by atomic mass is 10.0. The molecule has 0 amide bonds. The number of H-pyrrole nitrogens is 1. The van der Waals surface area contributed by atoms with E-state index in [0.29, 0.717) is 11.3 Å². The highest BCUT2D eigenvalue weighted by Crippen LogP contribution is 2.31. The summed E-state index contributed by atoms with van der Waals surface area (Å²) in [4.78, 5) is 9.24. The van der Waals surface area contributed by atoms with Crippen molar-refractivity contribution in [2.24, 2.45) is 0 Å². The lowest BCUT2D eigenvalue weighted by Crippen LogP contribution is -2.44. The second-order valence-electron chi connectivity index (χ2n) is 8.46. The molecule has 0 saturated carbocycles. The van der Waals surface area contributed by atoms with Gasteiger partial charge in [0, 0.05) is 54.6 Å². The summed E-state index contributed by atoms with van der Waals surface area (Å²) >= 11 is 0. The third-order valence-electron chi connectivity index (χ3n) is 6.02. The maximum atomic E-state index is 12.4. The molecule has 1 aliphatic rings. The number of nitrogens with zero attached hydrogens (tertiary/aromatic N) is 4. The number of nitrogens with one attached hydrogen (secondary N) is 1. The standard InChI is InChI=1S/C25H24F3N5O/c1-32-10-12-33(13-11-32)20-6-2-17(3-7-20)19-14-22-23(30-31-24(22)29-15-19)18-4-8-21(9-5-18)34-16-25(26,27)28/h2-9,14-15H,10-13,16H2,1H3,(H,29,30,31). The average Bonchev–Trinajstić information content (AvgIpc) is 3.27. The Balaban J connectivity index is 1.37. The molecule has 0 aliphatic carbocycles. The molecule has 3 heterocycles. The van der Waals surface area contributed by atoms with Crippen molar-refractivity contribution in [3.05, 3.63) is 60.8 Å². The van der Waals surface area contributed by atoms with Crippen LogP contribution in [0.1, 0.15) is 0 Å². The largest absolute Gasteiger partial charge is 0.484 e. The topological polar surface area (TPSA) is 57.3 Å². The SMILES string of the molecule is CN1CCN(c2ccc(-c3cnc4[nH]nc(-c5ccc(OCC(F)(F)F)cc5)c4c3)cc2)CC1. The Morgan fingerprint density at radius 2 is 1.59 bits per heavy atom. The van der Waals surface area contributed by atoms with Crippen molar-refractivity contribution < 1.29 is 17.9 Å². The highest BCUT2D eigenvalue weighted by atomic mass is 19.4. The monoisotopic (exact) mass is 467 g/mol. The summed E-state index contributed by atoms with van der Waals surface area (Å²) in [6.45, 7) is 2.82. The Labute approximate surface area is 195 Å². The molecule has 1 fully saturated rings. The van der Waals surface area contributed by atoms with E-state index in [1.54, 1.807) is 12.1 Å². The molecule has 0 radical (unpaired) electrons. The number of hydrogen-bond acceptors (Lipinski definition) is 5. The number of piperazine rings is 1. The van der Waals surface area contributed by atoms with Gasteiger partial charge in [-0.1, -0.05) is 12.1 Å². The molecule has 0 spiro atoms. The van der Waals surface area contributed by atoms with E-state index >= 15 is 0 Å². The van der Waals surface area contributed by atoms with E-state index < -0.39 is 12.8 Å². The summed E-state index contributed by atoms with van der Waals surface area (Å²) in [7, 11) is 2.14. The fraction of sp³-hybridized carbons (Fsp3) is 0.280. The highest BCUT2D eigenvalue weighted by molar-refractivity contribution is 5.93. The molecular formula is C25H24F3N5O. The fourth-order valence-electron chi connectivity index (χ4n) is 4.08. The van der Waals surface area contributed by atoms with E-state index in [2.05, 4.69) is 56.3 Å². The van der Waals surface area contributed by atoms with Gasteiger partial charge in [-0.25, -0.2) is 4.98 Å². The van der Waals surface area contributed by atoms with Crippen molar-refractivity contribution in [2.45, 2.75) is 6.18 Å². The van der Waals surface area contributed by atoms with E-state index in [1.807, 2.05) is 12.3 Å². The summed E-state index contributed by atoms with van der Waals surface area (Å²) < 4.78 is 41.9. The van der Waals surface area contributed by atoms with Crippen molar-refractivity contribution in [1.29, 1.82) is 0 Å². The van der Waals surface area contributed by atoms with Gasteiger partial charge in [-0.2, -0.15) is 18.3 Å². The summed E-state index contributed by atoms with van der Waals surface area (Å²) in [5.74, 6) is 0.153. The summed E-state index contributed by atoms with van der Waals surface area (Å²) in [6, 6.07) is 16.9. The molecule has 34 heavy (non-hydrogen) atoms. The minimum Gasteiger partial charge on any atom is -0.484 e. The zero-order valence-electron chi connectivity index (χ0n) is 18.6. The van der Waals surface area contributed by atoms with Crippen LogP contribution in [0.2, 0.25) is 0 Å². The van der Waals surface area contributed by atoms with Crippen LogP contribution in [-0.4, -0.2) is 66.1 Å². The summed E-state index contributed by atoms with van der Waals surface area (Å²) in [6.07, 6.45) is -2.56. The first-order valence-electron chi connectivity index (χ1n) is 11.0. The van der Waals surface area contributed by atoms with Crippen LogP contribution in [0.5, 0.6) is 5.75 Å². The van der Waals surface area contributed by atoms with Gasteiger partial charge in [0.15, 0.2) is 12.3 Å². The maximum Gasteiger partial charge on any atom is 0.422 e. The molecule has 1 aliphatic heterocycles. The molecule has 0 unspecified atom stereocenters. The van der Waals surface area contributed by atoms with E-state index in [9.17, 15) is 13.2 Å². The number of likely N-dealkylation sites (N-methyl/N-ethyl adjacent to an activating group) is 1. The lowest BCUT2D eigenvalue weighted by molar-refractivity contribution is -0.153. The first-order chi connectivity index (χ1) is 16.4. The summed E-state index contributed by atoms with van der Waals surface area (Å²) in [5.41, 5.74) is 5.31. The number of alkyl halides is 3. The van der Waals surface area contributed by atoms with Crippen molar-refractivity contribution in [1.82, 2.24) is 20.1 Å². The van der Waals surface area contributed by atoms with E-state index in [4.69, 9.17) is 4.74 Å². The van der Waals surface area contributed by atoms with Crippen molar-refractivity contribution in [2.75, 3.05) is 44.7 Å². The molecule has 9 heteroatoms. The molecule has 1 saturated heterocycles. The number of rotatable bonds is 5. The minimum absolute atomic E-state index is 0.153. The molecule has 0 bridgehead atoms. The van der Waals surface area contributed by atoms with Crippen LogP contribution >= 0.6 is 0 Å². The van der Waals surface area contributed by atoms with Crippen LogP contribution in [0, 0.1) is 0 Å². The first kappa shape index (κ1) is 22.2. The molecule has 176 valence electrons. The predicted molar refractivity (Wildman–Crippen MR) is 126 cm³/mol. The number of ether oxygens (including phenoxy) is 1. The number of anilines is 1. The van der Waals surface area contributed by atoms with Gasteiger partial charge in [0.2, 0.25) is 0 Å². The molecule has 0 atom stereocenters. The lowest BCUT2D eigenvalue weighted by Gasteiger charge is -2.34. The maximum absolute atomic E-state index is 12.4. The van der Waals surface area contributed by atoms with Crippen LogP contribution < -0.4 is 9.64 Å². The molecule has 5 rings (SSSR count). The second-order valence-corrected chi connectivity index (χ2v) is 8.46. The Morgan fingerprint density at radius 3 is 2.26 bits per heavy atom. The molecule has 6 nitrogen and oxygen atoms in total. The normalized spacial score (nSPS) is 15.1. The number of pyridine rings is 1. The quantitative estimate of drug-likeness (QED) is 0.449. The van der Waals surface area contributed by atoms with Crippen molar-refractivity contribution in [3.63, 3.8) is 0 Å². The van der Waals surface area contributed by atoms with Crippen LogP contribution in [0.15, 0.2) is 60.8 Å². The number of aromatic amines is 1. The van der Waals surface area contributed by atoms with Gasteiger partial charge in [-0.3, -0.25) is 5.10 Å². The van der Waals surface area contributed by atoms with Gasteiger partial charge >= 0.3 is 6.18 Å². The molecule has 2 aromatic heterocycles. The minimum atomic E-state index is -4.37. The number of hydrogen-bond donors (Lipinski definition) is 1. The van der Waals surface area contributed by atoms with Crippen LogP contribution in [0.3, 0.4) is 0 Å².